The van der Waals surface area contributed by atoms with Crippen LogP contribution in [0, 0.1) is 6.92 Å². The van der Waals surface area contributed by atoms with Crippen LogP contribution in [0.25, 0.3) is 0 Å². The van der Waals surface area contributed by atoms with E-state index in [0.29, 0.717) is 11.8 Å². The Morgan fingerprint density at radius 3 is 2.84 bits per heavy atom. The molecule has 2 aliphatic heterocycles. The number of hydrogen-bond acceptors (Lipinski definition) is 3. The van der Waals surface area contributed by atoms with Crippen LogP contribution in [0.15, 0.2) is 6.07 Å². The largest absolute Gasteiger partial charge is 0.344 e. The predicted molar refractivity (Wildman–Crippen MR) is 72.9 cm³/mol. The highest BCUT2D eigenvalue weighted by Crippen LogP contribution is 2.29. The molecular formula is C14H22N4O. The number of likely N-dealkylation sites (N-methyl/N-ethyl adjacent to an activating group) is 1. The van der Waals surface area contributed by atoms with E-state index in [-0.39, 0.29) is 6.04 Å². The molecule has 1 N–H and O–H groups in total. The first kappa shape index (κ1) is 12.7. The third-order valence-electron chi connectivity index (χ3n) is 4.44. The smallest absolute Gasteiger partial charge is 0.239 e. The average molecular weight is 262 g/mol. The van der Waals surface area contributed by atoms with E-state index in [0.717, 1.165) is 43.9 Å². The van der Waals surface area contributed by atoms with Crippen LogP contribution in [0.5, 0.6) is 0 Å². The Morgan fingerprint density at radius 1 is 1.37 bits per heavy atom. The lowest BCUT2D eigenvalue weighted by Gasteiger charge is -2.35. The van der Waals surface area contributed by atoms with E-state index in [9.17, 15) is 4.79 Å². The van der Waals surface area contributed by atoms with Crippen LogP contribution in [-0.4, -0.2) is 58.6 Å². The zero-order valence-corrected chi connectivity index (χ0v) is 11.7. The predicted octanol–water partition coefficient (Wildman–Crippen LogP) is 1.13. The number of H-pyrrole nitrogens is 1. The number of aryl methyl sites for hydroxylation is 1. The SMILES string of the molecule is Cc1cc(C2CCCN(C3CCN(C)C3=O)C2)n[nH]1. The van der Waals surface area contributed by atoms with E-state index in [1.54, 1.807) is 0 Å². The molecule has 2 aliphatic rings. The average Bonchev–Trinajstić information content (AvgIpc) is 2.98. The van der Waals surface area contributed by atoms with Crippen LogP contribution >= 0.6 is 0 Å². The van der Waals surface area contributed by atoms with Crippen LogP contribution in [0.4, 0.5) is 0 Å². The van der Waals surface area contributed by atoms with Crippen LogP contribution in [0.1, 0.15) is 36.6 Å². The van der Waals surface area contributed by atoms with Gasteiger partial charge in [0, 0.05) is 31.7 Å². The molecule has 1 aromatic rings. The molecule has 0 bridgehead atoms. The zero-order valence-electron chi connectivity index (χ0n) is 11.7. The molecule has 5 heteroatoms. The van der Waals surface area contributed by atoms with E-state index in [1.165, 1.54) is 6.42 Å². The van der Waals surface area contributed by atoms with Gasteiger partial charge in [-0.1, -0.05) is 0 Å². The normalized spacial score (nSPS) is 29.2. The van der Waals surface area contributed by atoms with Crippen molar-refractivity contribution in [2.24, 2.45) is 0 Å². The van der Waals surface area contributed by atoms with Gasteiger partial charge >= 0.3 is 0 Å². The highest BCUT2D eigenvalue weighted by Gasteiger charge is 2.36. The van der Waals surface area contributed by atoms with Crippen molar-refractivity contribution in [1.82, 2.24) is 20.0 Å². The number of carbonyl (C=O) groups excluding carboxylic acids is 1. The number of hydrogen-bond donors (Lipinski definition) is 1. The van der Waals surface area contributed by atoms with Crippen molar-refractivity contribution in [2.75, 3.05) is 26.7 Å². The molecule has 0 saturated carbocycles. The molecule has 2 fully saturated rings. The third-order valence-corrected chi connectivity index (χ3v) is 4.44. The Morgan fingerprint density at radius 2 is 2.21 bits per heavy atom. The van der Waals surface area contributed by atoms with Gasteiger partial charge in [0.1, 0.15) is 0 Å². The van der Waals surface area contributed by atoms with Crippen molar-refractivity contribution >= 4 is 5.91 Å². The van der Waals surface area contributed by atoms with Gasteiger partial charge in [-0.25, -0.2) is 0 Å². The van der Waals surface area contributed by atoms with Crippen molar-refractivity contribution in [3.63, 3.8) is 0 Å². The monoisotopic (exact) mass is 262 g/mol. The number of aromatic nitrogens is 2. The maximum Gasteiger partial charge on any atom is 0.239 e. The summed E-state index contributed by atoms with van der Waals surface area (Å²) in [5.41, 5.74) is 2.27. The number of aromatic amines is 1. The van der Waals surface area contributed by atoms with Gasteiger partial charge in [0.15, 0.2) is 0 Å². The first-order valence-corrected chi connectivity index (χ1v) is 7.16. The first-order valence-electron chi connectivity index (χ1n) is 7.16. The zero-order chi connectivity index (χ0) is 13.4. The van der Waals surface area contributed by atoms with Gasteiger partial charge < -0.3 is 4.90 Å². The molecule has 1 aromatic heterocycles. The Labute approximate surface area is 114 Å². The van der Waals surface area contributed by atoms with Gasteiger partial charge in [-0.3, -0.25) is 14.8 Å². The van der Waals surface area contributed by atoms with E-state index < -0.39 is 0 Å². The van der Waals surface area contributed by atoms with Crippen molar-refractivity contribution in [3.8, 4) is 0 Å². The lowest BCUT2D eigenvalue weighted by molar-refractivity contribution is -0.131. The van der Waals surface area contributed by atoms with Crippen LogP contribution in [-0.2, 0) is 4.79 Å². The molecule has 0 spiro atoms. The molecule has 2 saturated heterocycles. The summed E-state index contributed by atoms with van der Waals surface area (Å²) < 4.78 is 0. The molecule has 3 heterocycles. The molecule has 2 unspecified atom stereocenters. The molecule has 0 aromatic carbocycles. The van der Waals surface area contributed by atoms with E-state index >= 15 is 0 Å². The minimum atomic E-state index is 0.104. The van der Waals surface area contributed by atoms with Crippen molar-refractivity contribution in [2.45, 2.75) is 38.1 Å². The third kappa shape index (κ3) is 2.39. The van der Waals surface area contributed by atoms with Gasteiger partial charge in [-0.15, -0.1) is 0 Å². The molecule has 1 amide bonds. The minimum Gasteiger partial charge on any atom is -0.344 e. The van der Waals surface area contributed by atoms with Crippen molar-refractivity contribution in [1.29, 1.82) is 0 Å². The molecule has 5 nitrogen and oxygen atoms in total. The topological polar surface area (TPSA) is 52.2 Å². The summed E-state index contributed by atoms with van der Waals surface area (Å²) in [6.45, 7) is 4.94. The maximum atomic E-state index is 12.1. The van der Waals surface area contributed by atoms with Gasteiger partial charge in [0.05, 0.1) is 11.7 Å². The minimum absolute atomic E-state index is 0.104. The second-order valence-electron chi connectivity index (χ2n) is 5.87. The summed E-state index contributed by atoms with van der Waals surface area (Å²) in [6.07, 6.45) is 3.31. The van der Waals surface area contributed by atoms with E-state index in [1.807, 2.05) is 18.9 Å². The summed E-state index contributed by atoms with van der Waals surface area (Å²) in [7, 11) is 1.90. The molecule has 3 rings (SSSR count). The quantitative estimate of drug-likeness (QED) is 0.869. The van der Waals surface area contributed by atoms with E-state index in [2.05, 4.69) is 21.2 Å². The number of piperidine rings is 1. The van der Waals surface area contributed by atoms with Crippen LogP contribution < -0.4 is 0 Å². The number of likely N-dealkylation sites (tertiary alicyclic amines) is 2. The Kier molecular flexibility index (Phi) is 3.31. The van der Waals surface area contributed by atoms with Gasteiger partial charge in [-0.05, 0) is 38.8 Å². The highest BCUT2D eigenvalue weighted by atomic mass is 16.2. The second-order valence-corrected chi connectivity index (χ2v) is 5.87. The van der Waals surface area contributed by atoms with Crippen molar-refractivity contribution in [3.05, 3.63) is 17.5 Å². The second kappa shape index (κ2) is 4.96. The molecular weight excluding hydrogens is 240 g/mol. The number of carbonyl (C=O) groups is 1. The molecule has 2 atom stereocenters. The number of rotatable bonds is 2. The Bertz CT molecular complexity index is 470. The van der Waals surface area contributed by atoms with Gasteiger partial charge in [-0.2, -0.15) is 5.10 Å². The standard InChI is InChI=1S/C14H22N4O/c1-10-8-12(16-15-10)11-4-3-6-18(9-11)13-5-7-17(2)14(13)19/h8,11,13H,3-7,9H2,1-2H3,(H,15,16). The Balaban J connectivity index is 1.70. The molecule has 0 aliphatic carbocycles. The summed E-state index contributed by atoms with van der Waals surface area (Å²) in [6, 6.07) is 2.24. The fraction of sp³-hybridized carbons (Fsp3) is 0.714. The lowest BCUT2D eigenvalue weighted by Crippen LogP contribution is -2.45. The Hall–Kier alpha value is -1.36. The summed E-state index contributed by atoms with van der Waals surface area (Å²) >= 11 is 0. The lowest BCUT2D eigenvalue weighted by atomic mass is 9.93. The maximum absolute atomic E-state index is 12.1. The molecule has 0 radical (unpaired) electrons. The molecule has 104 valence electrons. The highest BCUT2D eigenvalue weighted by molar-refractivity contribution is 5.83. The van der Waals surface area contributed by atoms with Gasteiger partial charge in [0.25, 0.3) is 0 Å². The number of nitrogens with one attached hydrogen (secondary N) is 1. The summed E-state index contributed by atoms with van der Waals surface area (Å²) in [4.78, 5) is 16.3. The van der Waals surface area contributed by atoms with Gasteiger partial charge in [0.2, 0.25) is 5.91 Å². The van der Waals surface area contributed by atoms with E-state index in [4.69, 9.17) is 0 Å². The summed E-state index contributed by atoms with van der Waals surface area (Å²) in [5, 5.41) is 7.41. The fourth-order valence-electron chi connectivity index (χ4n) is 3.32. The number of nitrogens with zero attached hydrogens (tertiary/aromatic N) is 3. The van der Waals surface area contributed by atoms with Crippen LogP contribution in [0.3, 0.4) is 0 Å². The van der Waals surface area contributed by atoms with Crippen molar-refractivity contribution < 1.29 is 4.79 Å². The fourth-order valence-corrected chi connectivity index (χ4v) is 3.32. The number of amides is 1. The van der Waals surface area contributed by atoms with Crippen LogP contribution in [0.2, 0.25) is 0 Å². The summed E-state index contributed by atoms with van der Waals surface area (Å²) in [5.74, 6) is 0.760. The molecule has 19 heavy (non-hydrogen) atoms. The first-order chi connectivity index (χ1) is 9.15.